The molecule has 1 N–H and O–H groups in total. The van der Waals surface area contributed by atoms with Gasteiger partial charge in [-0.15, -0.1) is 0 Å². The van der Waals surface area contributed by atoms with Crippen molar-refractivity contribution in [2.75, 3.05) is 6.26 Å². The van der Waals surface area contributed by atoms with Crippen molar-refractivity contribution in [1.29, 1.82) is 5.41 Å². The summed E-state index contributed by atoms with van der Waals surface area (Å²) in [5.74, 6) is 1.69. The molecule has 0 aromatic heterocycles. The Balaban J connectivity index is 1.72. The van der Waals surface area contributed by atoms with Crippen molar-refractivity contribution in [2.24, 2.45) is 17.8 Å². The zero-order chi connectivity index (χ0) is 23.8. The van der Waals surface area contributed by atoms with Gasteiger partial charge in [0.15, 0.2) is 9.84 Å². The van der Waals surface area contributed by atoms with Crippen molar-refractivity contribution < 1.29 is 13.2 Å². The predicted molar refractivity (Wildman–Crippen MR) is 134 cm³/mol. The number of rotatable bonds is 9. The van der Waals surface area contributed by atoms with Gasteiger partial charge in [0.1, 0.15) is 0 Å². The van der Waals surface area contributed by atoms with E-state index in [0.717, 1.165) is 30.7 Å². The molecule has 184 valence electrons. The van der Waals surface area contributed by atoms with Crippen LogP contribution in [-0.2, 0) is 21.2 Å². The normalized spacial score (nSPS) is 19.2. The van der Waals surface area contributed by atoms with Crippen LogP contribution in [0.2, 0.25) is 0 Å². The average Bonchev–Trinajstić information content (AvgIpc) is 2.80. The molecule has 0 aliphatic heterocycles. The van der Waals surface area contributed by atoms with Crippen LogP contribution in [0.15, 0.2) is 29.2 Å². The van der Waals surface area contributed by atoms with Gasteiger partial charge in [-0.1, -0.05) is 76.3 Å². The molecule has 5 nitrogen and oxygen atoms in total. The number of hydrogen-bond donors (Lipinski definition) is 1. The number of sulfone groups is 1. The molecule has 33 heavy (non-hydrogen) atoms. The van der Waals surface area contributed by atoms with Crippen LogP contribution in [0.3, 0.4) is 0 Å². The first kappa shape index (κ1) is 25.9. The minimum absolute atomic E-state index is 0.0226. The molecular formula is C27H42N2O3S. The zero-order valence-electron chi connectivity index (χ0n) is 20.5. The fraction of sp³-hybridized carbons (Fsp3) is 0.704. The monoisotopic (exact) mass is 474 g/mol. The summed E-state index contributed by atoms with van der Waals surface area (Å²) in [6.45, 7) is 2.00. The lowest BCUT2D eigenvalue weighted by atomic mass is 9.78. The number of nitrogens with one attached hydrogen (secondary N) is 1. The molecule has 0 bridgehead atoms. The second kappa shape index (κ2) is 12.1. The lowest BCUT2D eigenvalue weighted by Crippen LogP contribution is -2.39. The van der Waals surface area contributed by atoms with Crippen LogP contribution in [0.1, 0.15) is 96.0 Å². The molecule has 1 atom stereocenters. The topological polar surface area (TPSA) is 78.3 Å². The van der Waals surface area contributed by atoms with Crippen LogP contribution in [0, 0.1) is 23.2 Å². The summed E-state index contributed by atoms with van der Waals surface area (Å²) < 4.78 is 23.5. The van der Waals surface area contributed by atoms with Crippen molar-refractivity contribution in [1.82, 2.24) is 4.90 Å². The summed E-state index contributed by atoms with van der Waals surface area (Å²) in [4.78, 5) is 15.6. The molecule has 1 aromatic rings. The molecule has 2 fully saturated rings. The van der Waals surface area contributed by atoms with Crippen molar-refractivity contribution in [3.05, 3.63) is 29.8 Å². The Hall–Kier alpha value is -1.69. The summed E-state index contributed by atoms with van der Waals surface area (Å²) in [5.41, 5.74) is 0.853. The van der Waals surface area contributed by atoms with Crippen LogP contribution in [0.25, 0.3) is 0 Å². The molecule has 0 heterocycles. The van der Waals surface area contributed by atoms with E-state index in [1.165, 1.54) is 70.5 Å². The van der Waals surface area contributed by atoms with E-state index in [4.69, 9.17) is 5.41 Å². The van der Waals surface area contributed by atoms with E-state index in [0.29, 0.717) is 12.5 Å². The predicted octanol–water partition coefficient (Wildman–Crippen LogP) is 6.36. The second-order valence-electron chi connectivity index (χ2n) is 10.4. The van der Waals surface area contributed by atoms with E-state index in [9.17, 15) is 13.2 Å². The van der Waals surface area contributed by atoms with E-state index in [1.807, 2.05) is 0 Å². The maximum atomic E-state index is 13.8. The Kier molecular flexibility index (Phi) is 9.54. The number of amidine groups is 1. The van der Waals surface area contributed by atoms with Crippen LogP contribution >= 0.6 is 0 Å². The summed E-state index contributed by atoms with van der Waals surface area (Å²) >= 11 is 0. The first-order valence-corrected chi connectivity index (χ1v) is 14.8. The van der Waals surface area contributed by atoms with Crippen molar-refractivity contribution >= 4 is 21.6 Å². The largest absolute Gasteiger partial charge is 0.296 e. The summed E-state index contributed by atoms with van der Waals surface area (Å²) in [5, 5.41) is 8.32. The van der Waals surface area contributed by atoms with Crippen molar-refractivity contribution in [2.45, 2.75) is 102 Å². The van der Waals surface area contributed by atoms with Gasteiger partial charge in [0.2, 0.25) is 5.91 Å². The molecule has 1 aromatic carbocycles. The lowest BCUT2D eigenvalue weighted by Gasteiger charge is -2.31. The fourth-order valence-electron chi connectivity index (χ4n) is 5.69. The molecule has 2 aliphatic rings. The number of carbonyl (C=O) groups is 1. The van der Waals surface area contributed by atoms with Gasteiger partial charge >= 0.3 is 0 Å². The summed E-state index contributed by atoms with van der Waals surface area (Å²) in [6, 6.07) is 6.71. The van der Waals surface area contributed by atoms with Crippen LogP contribution in [-0.4, -0.2) is 31.3 Å². The van der Waals surface area contributed by atoms with Gasteiger partial charge in [0.05, 0.1) is 17.3 Å². The van der Waals surface area contributed by atoms with Gasteiger partial charge in [-0.2, -0.15) is 0 Å². The standard InChI is InChI=1S/C27H42N2O3S/c1-21(28)29(20-24-14-17-26(18-15-24)33(2,31)32)27(30)25(19-23-11-7-4-8-12-23)16-13-22-9-5-3-6-10-22/h14-15,17-18,22-23,25,28H,3-13,16,19-20H2,1-2H3. The molecule has 2 aliphatic carbocycles. The number of hydrogen-bond acceptors (Lipinski definition) is 4. The molecule has 0 radical (unpaired) electrons. The molecule has 0 saturated heterocycles. The van der Waals surface area contributed by atoms with E-state index >= 15 is 0 Å². The molecule has 2 saturated carbocycles. The Morgan fingerprint density at radius 3 is 2.03 bits per heavy atom. The number of carbonyl (C=O) groups excluding carboxylic acids is 1. The van der Waals surface area contributed by atoms with E-state index in [1.54, 1.807) is 36.1 Å². The molecule has 1 unspecified atom stereocenters. The van der Waals surface area contributed by atoms with Crippen molar-refractivity contribution in [3.63, 3.8) is 0 Å². The highest BCUT2D eigenvalue weighted by atomic mass is 32.2. The van der Waals surface area contributed by atoms with Gasteiger partial charge in [-0.3, -0.25) is 15.1 Å². The fourth-order valence-corrected chi connectivity index (χ4v) is 6.32. The quantitative estimate of drug-likeness (QED) is 0.334. The Labute approximate surface area is 200 Å². The Morgan fingerprint density at radius 1 is 0.970 bits per heavy atom. The summed E-state index contributed by atoms with van der Waals surface area (Å²) in [7, 11) is -3.25. The molecule has 1 amide bonds. The molecule has 0 spiro atoms. The average molecular weight is 475 g/mol. The third-order valence-electron chi connectivity index (χ3n) is 7.70. The van der Waals surface area contributed by atoms with Crippen LogP contribution < -0.4 is 0 Å². The van der Waals surface area contributed by atoms with Gasteiger partial charge in [-0.25, -0.2) is 8.42 Å². The maximum Gasteiger partial charge on any atom is 0.231 e. The molecule has 3 rings (SSSR count). The molecular weight excluding hydrogens is 432 g/mol. The smallest absolute Gasteiger partial charge is 0.231 e. The lowest BCUT2D eigenvalue weighted by molar-refractivity contribution is -0.133. The van der Waals surface area contributed by atoms with Gasteiger partial charge in [-0.05, 0) is 55.7 Å². The highest BCUT2D eigenvalue weighted by Gasteiger charge is 2.30. The number of benzene rings is 1. The minimum Gasteiger partial charge on any atom is -0.296 e. The first-order valence-electron chi connectivity index (χ1n) is 12.9. The number of amides is 1. The highest BCUT2D eigenvalue weighted by Crippen LogP contribution is 2.34. The van der Waals surface area contributed by atoms with Gasteiger partial charge in [0.25, 0.3) is 0 Å². The second-order valence-corrected chi connectivity index (χ2v) is 12.5. The van der Waals surface area contributed by atoms with E-state index < -0.39 is 9.84 Å². The van der Waals surface area contributed by atoms with E-state index in [2.05, 4.69) is 0 Å². The van der Waals surface area contributed by atoms with Gasteiger partial charge < -0.3 is 0 Å². The maximum absolute atomic E-state index is 13.8. The SMILES string of the molecule is CC(=N)N(Cc1ccc(S(C)(=O)=O)cc1)C(=O)C(CCC1CCCCC1)CC1CCCCC1. The third-order valence-corrected chi connectivity index (χ3v) is 8.83. The van der Waals surface area contributed by atoms with Crippen LogP contribution in [0.5, 0.6) is 0 Å². The number of nitrogens with zero attached hydrogens (tertiary/aromatic N) is 1. The molecule has 6 heteroatoms. The minimum atomic E-state index is -3.25. The summed E-state index contributed by atoms with van der Waals surface area (Å²) in [6.07, 6.45) is 17.1. The van der Waals surface area contributed by atoms with E-state index in [-0.39, 0.29) is 22.6 Å². The van der Waals surface area contributed by atoms with Crippen LogP contribution in [0.4, 0.5) is 0 Å². The highest BCUT2D eigenvalue weighted by molar-refractivity contribution is 7.90. The Morgan fingerprint density at radius 2 is 1.52 bits per heavy atom. The van der Waals surface area contributed by atoms with Gasteiger partial charge in [0, 0.05) is 12.2 Å². The third kappa shape index (κ3) is 7.94. The zero-order valence-corrected chi connectivity index (χ0v) is 21.3. The van der Waals surface area contributed by atoms with Crippen molar-refractivity contribution in [3.8, 4) is 0 Å². The Bertz CT molecular complexity index is 882. The first-order chi connectivity index (χ1) is 15.7.